The molecule has 1 fully saturated rings. The summed E-state index contributed by atoms with van der Waals surface area (Å²) >= 11 is 0. The summed E-state index contributed by atoms with van der Waals surface area (Å²) in [5, 5.41) is 2.99. The standard InChI is InChI=1S/C21H24N4O2.ClH/c22-16-7-3-10-18-15(16)6-4-12-24(18)14-20(26)23-17-8-1-2-9-19(17)25-13-5-11-21(25)27;/h1-3,7-10H,4-6,11-14,22H2,(H,23,26);1H. The number of hydrogen-bond donors (Lipinski definition) is 2. The second-order valence-electron chi connectivity index (χ2n) is 7.08. The normalized spacial score (nSPS) is 15.8. The van der Waals surface area contributed by atoms with Crippen molar-refractivity contribution in [3.63, 3.8) is 0 Å². The number of hydrogen-bond acceptors (Lipinski definition) is 4. The second kappa shape index (κ2) is 8.52. The van der Waals surface area contributed by atoms with E-state index in [0.29, 0.717) is 18.7 Å². The number of carbonyl (C=O) groups excluding carboxylic acids is 2. The first-order valence-corrected chi connectivity index (χ1v) is 9.45. The van der Waals surface area contributed by atoms with Crippen molar-refractivity contribution in [3.05, 3.63) is 48.0 Å². The van der Waals surface area contributed by atoms with Gasteiger partial charge < -0.3 is 20.9 Å². The molecule has 0 unspecified atom stereocenters. The minimum absolute atomic E-state index is 0. The topological polar surface area (TPSA) is 78.7 Å². The Balaban J connectivity index is 0.00000225. The zero-order chi connectivity index (χ0) is 18.8. The zero-order valence-electron chi connectivity index (χ0n) is 15.7. The van der Waals surface area contributed by atoms with Crippen molar-refractivity contribution in [2.45, 2.75) is 25.7 Å². The largest absolute Gasteiger partial charge is 0.398 e. The monoisotopic (exact) mass is 400 g/mol. The van der Waals surface area contributed by atoms with Gasteiger partial charge >= 0.3 is 0 Å². The molecule has 0 spiro atoms. The van der Waals surface area contributed by atoms with Gasteiger partial charge in [0.1, 0.15) is 0 Å². The van der Waals surface area contributed by atoms with Crippen LogP contribution in [0.25, 0.3) is 0 Å². The molecule has 2 aliphatic heterocycles. The number of nitrogens with zero attached hydrogens (tertiary/aromatic N) is 2. The van der Waals surface area contributed by atoms with E-state index in [1.165, 1.54) is 0 Å². The molecule has 0 atom stereocenters. The third-order valence-corrected chi connectivity index (χ3v) is 5.26. The van der Waals surface area contributed by atoms with Crippen LogP contribution < -0.4 is 20.9 Å². The van der Waals surface area contributed by atoms with Crippen molar-refractivity contribution in [1.82, 2.24) is 0 Å². The Hall–Kier alpha value is -2.73. The average molecular weight is 401 g/mol. The Bertz CT molecular complexity index is 886. The molecule has 0 saturated carbocycles. The van der Waals surface area contributed by atoms with Gasteiger partial charge in [0, 0.05) is 30.9 Å². The van der Waals surface area contributed by atoms with Gasteiger partial charge in [-0.05, 0) is 49.1 Å². The summed E-state index contributed by atoms with van der Waals surface area (Å²) in [6.45, 7) is 1.79. The van der Waals surface area contributed by atoms with Gasteiger partial charge in [-0.25, -0.2) is 0 Å². The first kappa shape index (κ1) is 20.0. The molecule has 2 aromatic rings. The summed E-state index contributed by atoms with van der Waals surface area (Å²) in [6.07, 6.45) is 3.34. The first-order valence-electron chi connectivity index (χ1n) is 9.45. The van der Waals surface area contributed by atoms with Crippen LogP contribution in [0.4, 0.5) is 22.7 Å². The molecule has 2 aromatic carbocycles. The van der Waals surface area contributed by atoms with Crippen LogP contribution in [0.2, 0.25) is 0 Å². The molecular weight excluding hydrogens is 376 g/mol. The molecule has 28 heavy (non-hydrogen) atoms. The van der Waals surface area contributed by atoms with E-state index >= 15 is 0 Å². The van der Waals surface area contributed by atoms with Gasteiger partial charge in [0.25, 0.3) is 0 Å². The molecule has 0 aromatic heterocycles. The van der Waals surface area contributed by atoms with Crippen LogP contribution in [0, 0.1) is 0 Å². The summed E-state index contributed by atoms with van der Waals surface area (Å²) < 4.78 is 0. The summed E-state index contributed by atoms with van der Waals surface area (Å²) in [7, 11) is 0. The van der Waals surface area contributed by atoms with E-state index in [9.17, 15) is 9.59 Å². The van der Waals surface area contributed by atoms with Crippen LogP contribution >= 0.6 is 12.4 Å². The van der Waals surface area contributed by atoms with Crippen LogP contribution in [-0.4, -0.2) is 31.4 Å². The Morgan fingerprint density at radius 2 is 1.75 bits per heavy atom. The smallest absolute Gasteiger partial charge is 0.243 e. The van der Waals surface area contributed by atoms with Gasteiger partial charge in [0.15, 0.2) is 0 Å². The number of nitrogen functional groups attached to an aromatic ring is 1. The first-order chi connectivity index (χ1) is 13.1. The van der Waals surface area contributed by atoms with Gasteiger partial charge in [0.2, 0.25) is 11.8 Å². The number of nitrogens with one attached hydrogen (secondary N) is 1. The fraction of sp³-hybridized carbons (Fsp3) is 0.333. The quantitative estimate of drug-likeness (QED) is 0.772. The molecule has 0 radical (unpaired) electrons. The number of carbonyl (C=O) groups is 2. The third kappa shape index (κ3) is 3.92. The molecule has 2 heterocycles. The molecular formula is C21H25ClN4O2. The van der Waals surface area contributed by atoms with Crippen LogP contribution in [0.15, 0.2) is 42.5 Å². The lowest BCUT2D eigenvalue weighted by atomic mass is 10.00. The van der Waals surface area contributed by atoms with E-state index < -0.39 is 0 Å². The van der Waals surface area contributed by atoms with E-state index in [1.807, 2.05) is 42.5 Å². The molecule has 3 N–H and O–H groups in total. The molecule has 148 valence electrons. The number of amides is 2. The molecule has 6 nitrogen and oxygen atoms in total. The molecule has 0 bridgehead atoms. The van der Waals surface area contributed by atoms with Gasteiger partial charge in [-0.15, -0.1) is 12.4 Å². The van der Waals surface area contributed by atoms with Crippen molar-refractivity contribution >= 4 is 47.0 Å². The van der Waals surface area contributed by atoms with E-state index in [0.717, 1.165) is 48.4 Å². The second-order valence-corrected chi connectivity index (χ2v) is 7.08. The lowest BCUT2D eigenvalue weighted by Crippen LogP contribution is -2.37. The van der Waals surface area contributed by atoms with E-state index in [1.54, 1.807) is 4.90 Å². The number of nitrogens with two attached hydrogens (primary N) is 1. The van der Waals surface area contributed by atoms with Crippen LogP contribution in [0.1, 0.15) is 24.8 Å². The highest BCUT2D eigenvalue weighted by Crippen LogP contribution is 2.32. The lowest BCUT2D eigenvalue weighted by Gasteiger charge is -2.31. The number of benzene rings is 2. The van der Waals surface area contributed by atoms with Gasteiger partial charge in [-0.3, -0.25) is 9.59 Å². The van der Waals surface area contributed by atoms with Gasteiger partial charge in [-0.1, -0.05) is 18.2 Å². The minimum atomic E-state index is -0.0932. The Morgan fingerprint density at radius 3 is 2.54 bits per heavy atom. The van der Waals surface area contributed by atoms with Crippen LogP contribution in [-0.2, 0) is 16.0 Å². The maximum Gasteiger partial charge on any atom is 0.243 e. The number of halogens is 1. The predicted octanol–water partition coefficient (Wildman–Crippen LogP) is 3.21. The van der Waals surface area contributed by atoms with E-state index in [-0.39, 0.29) is 30.8 Å². The Kier molecular flexibility index (Phi) is 6.09. The van der Waals surface area contributed by atoms with Crippen LogP contribution in [0.3, 0.4) is 0 Å². The molecule has 1 saturated heterocycles. The molecule has 0 aliphatic carbocycles. The summed E-state index contributed by atoms with van der Waals surface area (Å²) in [5.74, 6) is 0.0153. The van der Waals surface area contributed by atoms with Gasteiger partial charge in [0.05, 0.1) is 17.9 Å². The molecule has 2 aliphatic rings. The molecule has 4 rings (SSSR count). The van der Waals surface area contributed by atoms with Gasteiger partial charge in [-0.2, -0.15) is 0 Å². The van der Waals surface area contributed by atoms with Crippen molar-refractivity contribution in [1.29, 1.82) is 0 Å². The van der Waals surface area contributed by atoms with Crippen LogP contribution in [0.5, 0.6) is 0 Å². The van der Waals surface area contributed by atoms with Crippen molar-refractivity contribution < 1.29 is 9.59 Å². The number of para-hydroxylation sites is 2. The zero-order valence-corrected chi connectivity index (χ0v) is 16.5. The molecule has 7 heteroatoms. The number of rotatable bonds is 4. The summed E-state index contributed by atoms with van der Waals surface area (Å²) in [6, 6.07) is 13.4. The molecule has 2 amide bonds. The average Bonchev–Trinajstić information content (AvgIpc) is 3.09. The highest BCUT2D eigenvalue weighted by atomic mass is 35.5. The fourth-order valence-corrected chi connectivity index (χ4v) is 3.97. The third-order valence-electron chi connectivity index (χ3n) is 5.26. The SMILES string of the molecule is Cl.Nc1cccc2c1CCCN2CC(=O)Nc1ccccc1N1CCCC1=O. The lowest BCUT2D eigenvalue weighted by molar-refractivity contribution is -0.117. The van der Waals surface area contributed by atoms with E-state index in [4.69, 9.17) is 5.73 Å². The van der Waals surface area contributed by atoms with Crippen molar-refractivity contribution in [2.75, 3.05) is 40.5 Å². The maximum absolute atomic E-state index is 12.7. The minimum Gasteiger partial charge on any atom is -0.398 e. The highest BCUT2D eigenvalue weighted by molar-refractivity contribution is 6.03. The van der Waals surface area contributed by atoms with Crippen molar-refractivity contribution in [2.24, 2.45) is 0 Å². The van der Waals surface area contributed by atoms with Crippen molar-refractivity contribution in [3.8, 4) is 0 Å². The predicted molar refractivity (Wildman–Crippen MR) is 115 cm³/mol. The number of anilines is 4. The Morgan fingerprint density at radius 1 is 1.00 bits per heavy atom. The van der Waals surface area contributed by atoms with E-state index in [2.05, 4.69) is 10.2 Å². The Labute approximate surface area is 171 Å². The highest BCUT2D eigenvalue weighted by Gasteiger charge is 2.25. The maximum atomic E-state index is 12.7. The summed E-state index contributed by atoms with van der Waals surface area (Å²) in [4.78, 5) is 28.7. The fourth-order valence-electron chi connectivity index (χ4n) is 3.97. The summed E-state index contributed by atoms with van der Waals surface area (Å²) in [5.41, 5.74) is 10.5. The number of fused-ring (bicyclic) bond motifs is 1.